The van der Waals surface area contributed by atoms with Crippen LogP contribution in [0.25, 0.3) is 78.0 Å². The van der Waals surface area contributed by atoms with E-state index < -0.39 is 0 Å². The highest BCUT2D eigenvalue weighted by molar-refractivity contribution is 6.23. The van der Waals surface area contributed by atoms with Gasteiger partial charge in [0.1, 0.15) is 11.2 Å². The van der Waals surface area contributed by atoms with Crippen molar-refractivity contribution in [3.05, 3.63) is 194 Å². The molecule has 10 rings (SSSR count). The summed E-state index contributed by atoms with van der Waals surface area (Å²) in [5, 5.41) is 3.98. The van der Waals surface area contributed by atoms with E-state index in [1.165, 1.54) is 0 Å². The van der Waals surface area contributed by atoms with Gasteiger partial charge in [-0.3, -0.25) is 0 Å². The van der Waals surface area contributed by atoms with Crippen LogP contribution in [0.5, 0.6) is 0 Å². The van der Waals surface area contributed by atoms with Crippen molar-refractivity contribution in [1.82, 2.24) is 15.0 Å². The summed E-state index contributed by atoms with van der Waals surface area (Å²) in [6.45, 7) is 0. The van der Waals surface area contributed by atoms with E-state index in [2.05, 4.69) is 138 Å². The van der Waals surface area contributed by atoms with E-state index in [4.69, 9.17) is 19.4 Å². The summed E-state index contributed by atoms with van der Waals surface area (Å²) in [5.41, 5.74) is 9.73. The average molecular weight is 693 g/mol. The molecule has 0 fully saturated rings. The molecule has 0 unspecified atom stereocenters. The molecule has 0 radical (unpaired) electrons. The minimum absolute atomic E-state index is 0.589. The molecule has 8 aromatic carbocycles. The Morgan fingerprint density at radius 1 is 0.370 bits per heavy atom. The van der Waals surface area contributed by atoms with Gasteiger partial charge in [0.05, 0.1) is 5.69 Å². The van der Waals surface area contributed by atoms with E-state index in [-0.39, 0.29) is 0 Å². The van der Waals surface area contributed by atoms with E-state index in [0.717, 1.165) is 77.6 Å². The van der Waals surface area contributed by atoms with Gasteiger partial charge in [-0.25, -0.2) is 15.0 Å². The fourth-order valence-corrected chi connectivity index (χ4v) is 7.36. The quantitative estimate of drug-likeness (QED) is 0.166. The lowest BCUT2D eigenvalue weighted by atomic mass is 9.97. The molecule has 54 heavy (non-hydrogen) atoms. The number of hydrogen-bond donors (Lipinski definition) is 0. The molecule has 0 aliphatic carbocycles. The molecule has 0 saturated carbocycles. The van der Waals surface area contributed by atoms with Crippen LogP contribution in [0, 0.1) is 0 Å². The topological polar surface area (TPSA) is 55.1 Å². The van der Waals surface area contributed by atoms with E-state index in [1.807, 2.05) is 60.7 Å². The molecule has 2 heterocycles. The monoisotopic (exact) mass is 692 g/mol. The van der Waals surface area contributed by atoms with Crippen molar-refractivity contribution in [3.8, 4) is 45.3 Å². The van der Waals surface area contributed by atoms with Crippen LogP contribution in [0.4, 0.5) is 17.1 Å². The zero-order valence-corrected chi connectivity index (χ0v) is 29.2. The Hall–Kier alpha value is -7.37. The van der Waals surface area contributed by atoms with E-state index >= 15 is 0 Å². The molecule has 254 valence electrons. The van der Waals surface area contributed by atoms with Crippen molar-refractivity contribution in [1.29, 1.82) is 0 Å². The Morgan fingerprint density at radius 3 is 1.50 bits per heavy atom. The second-order valence-corrected chi connectivity index (χ2v) is 13.2. The third kappa shape index (κ3) is 5.56. The van der Waals surface area contributed by atoms with Crippen molar-refractivity contribution in [2.45, 2.75) is 0 Å². The van der Waals surface area contributed by atoms with Gasteiger partial charge >= 0.3 is 0 Å². The van der Waals surface area contributed by atoms with Crippen molar-refractivity contribution < 1.29 is 4.42 Å². The fourth-order valence-electron chi connectivity index (χ4n) is 7.36. The molecule has 0 N–H and O–H groups in total. The largest absolute Gasteiger partial charge is 0.455 e. The molecule has 0 amide bonds. The lowest BCUT2D eigenvalue weighted by Crippen LogP contribution is -2.10. The number of para-hydroxylation sites is 3. The molecule has 0 saturated heterocycles. The van der Waals surface area contributed by atoms with Crippen molar-refractivity contribution >= 4 is 49.8 Å². The van der Waals surface area contributed by atoms with Gasteiger partial charge in [0.15, 0.2) is 17.5 Å². The summed E-state index contributed by atoms with van der Waals surface area (Å²) in [6.07, 6.45) is 0. The summed E-state index contributed by atoms with van der Waals surface area (Å²) < 4.78 is 6.77. The first-order chi connectivity index (χ1) is 26.8. The molecule has 5 nitrogen and oxygen atoms in total. The third-order valence-electron chi connectivity index (χ3n) is 9.91. The van der Waals surface area contributed by atoms with Crippen LogP contribution >= 0.6 is 0 Å². The Morgan fingerprint density at radius 2 is 0.852 bits per heavy atom. The first kappa shape index (κ1) is 31.4. The van der Waals surface area contributed by atoms with Crippen molar-refractivity contribution in [2.24, 2.45) is 0 Å². The zero-order valence-electron chi connectivity index (χ0n) is 29.2. The number of anilines is 3. The maximum atomic E-state index is 6.77. The Bertz CT molecular complexity index is 2870. The van der Waals surface area contributed by atoms with Gasteiger partial charge in [0.25, 0.3) is 0 Å². The minimum atomic E-state index is 0.589. The molecule has 10 aromatic rings. The first-order valence-corrected chi connectivity index (χ1v) is 18.0. The van der Waals surface area contributed by atoms with E-state index in [9.17, 15) is 0 Å². The normalized spacial score (nSPS) is 11.3. The van der Waals surface area contributed by atoms with E-state index in [1.54, 1.807) is 0 Å². The highest BCUT2D eigenvalue weighted by Gasteiger charge is 2.23. The highest BCUT2D eigenvalue weighted by Crippen LogP contribution is 2.46. The smallest absolute Gasteiger partial charge is 0.164 e. The van der Waals surface area contributed by atoms with E-state index in [0.29, 0.717) is 17.5 Å². The predicted octanol–water partition coefficient (Wildman–Crippen LogP) is 13.1. The van der Waals surface area contributed by atoms with Gasteiger partial charge in [-0.05, 0) is 59.0 Å². The van der Waals surface area contributed by atoms with Gasteiger partial charge in [-0.15, -0.1) is 0 Å². The Kier molecular flexibility index (Phi) is 7.73. The average Bonchev–Trinajstić information content (AvgIpc) is 3.63. The standard InChI is InChI=1S/C49H32N4O/c1-5-16-33(17-6-1)34-28-30-36(31-29-34)48-50-47(35-18-7-2-8-19-35)51-49(52-48)42-32-41-39-24-13-14-27-44(39)54-46(41)45-40(42)25-15-26-43(45)53(37-20-9-3-10-21-37)38-22-11-4-12-23-38/h1-32H. The molecule has 0 bridgehead atoms. The molecule has 2 aromatic heterocycles. The number of nitrogens with zero attached hydrogens (tertiary/aromatic N) is 4. The second-order valence-electron chi connectivity index (χ2n) is 13.2. The van der Waals surface area contributed by atoms with Gasteiger partial charge < -0.3 is 9.32 Å². The van der Waals surface area contributed by atoms with Crippen LogP contribution in [0.15, 0.2) is 199 Å². The van der Waals surface area contributed by atoms with Crippen LogP contribution in [-0.4, -0.2) is 15.0 Å². The highest BCUT2D eigenvalue weighted by atomic mass is 16.3. The van der Waals surface area contributed by atoms with Gasteiger partial charge in [0.2, 0.25) is 0 Å². The lowest BCUT2D eigenvalue weighted by Gasteiger charge is -2.27. The molecule has 5 heteroatoms. The summed E-state index contributed by atoms with van der Waals surface area (Å²) in [4.78, 5) is 17.8. The van der Waals surface area contributed by atoms with Gasteiger partial charge in [0, 0.05) is 44.2 Å². The van der Waals surface area contributed by atoms with Crippen LogP contribution in [0.1, 0.15) is 0 Å². The maximum absolute atomic E-state index is 6.77. The SMILES string of the molecule is c1ccc(-c2ccc(-c3nc(-c4ccccc4)nc(-c4cc5c6ccccc6oc5c5c(N(c6ccccc6)c6ccccc6)cccc45)n3)cc2)cc1. The summed E-state index contributed by atoms with van der Waals surface area (Å²) >= 11 is 0. The minimum Gasteiger partial charge on any atom is -0.455 e. The van der Waals surface area contributed by atoms with Crippen molar-refractivity contribution in [3.63, 3.8) is 0 Å². The van der Waals surface area contributed by atoms with Crippen molar-refractivity contribution in [2.75, 3.05) is 4.90 Å². The first-order valence-electron chi connectivity index (χ1n) is 18.0. The number of hydrogen-bond acceptors (Lipinski definition) is 5. The number of benzene rings is 8. The number of rotatable bonds is 7. The molecule has 0 aliphatic heterocycles. The number of fused-ring (bicyclic) bond motifs is 5. The maximum Gasteiger partial charge on any atom is 0.164 e. The molecule has 0 aliphatic rings. The van der Waals surface area contributed by atoms with Crippen LogP contribution in [0.2, 0.25) is 0 Å². The van der Waals surface area contributed by atoms with Gasteiger partial charge in [-0.1, -0.05) is 152 Å². The summed E-state index contributed by atoms with van der Waals surface area (Å²) in [7, 11) is 0. The van der Waals surface area contributed by atoms with Crippen LogP contribution in [0.3, 0.4) is 0 Å². The number of aromatic nitrogens is 3. The summed E-state index contributed by atoms with van der Waals surface area (Å²) in [5.74, 6) is 1.81. The zero-order chi connectivity index (χ0) is 35.8. The second kappa shape index (κ2) is 13.3. The molecule has 0 spiro atoms. The van der Waals surface area contributed by atoms with Gasteiger partial charge in [-0.2, -0.15) is 0 Å². The lowest BCUT2D eigenvalue weighted by molar-refractivity contribution is 0.672. The summed E-state index contributed by atoms with van der Waals surface area (Å²) in [6, 6.07) is 66.7. The fraction of sp³-hybridized carbons (Fsp3) is 0. The Labute approximate surface area is 312 Å². The molecular formula is C49H32N4O. The number of furan rings is 1. The molecule has 0 atom stereocenters. The third-order valence-corrected chi connectivity index (χ3v) is 9.91. The molecular weight excluding hydrogens is 661 g/mol. The Balaban J connectivity index is 1.26. The predicted molar refractivity (Wildman–Crippen MR) is 221 cm³/mol. The van der Waals surface area contributed by atoms with Crippen LogP contribution in [-0.2, 0) is 0 Å². The van der Waals surface area contributed by atoms with Crippen LogP contribution < -0.4 is 4.90 Å².